The molecular weight excluding hydrogens is 267 g/mol. The molecule has 0 aromatic heterocycles. The van der Waals surface area contributed by atoms with Crippen molar-refractivity contribution in [3.63, 3.8) is 0 Å². The predicted molar refractivity (Wildman–Crippen MR) is 63.3 cm³/mol. The number of benzene rings is 1. The van der Waals surface area contributed by atoms with Crippen LogP contribution in [0.25, 0.3) is 0 Å². The molecule has 3 nitrogen and oxygen atoms in total. The van der Waals surface area contributed by atoms with E-state index < -0.39 is 28.5 Å². The number of halogens is 3. The fraction of sp³-hybridized carbons (Fsp3) is 0.455. The van der Waals surface area contributed by atoms with E-state index in [2.05, 4.69) is 5.32 Å². The van der Waals surface area contributed by atoms with E-state index in [0.29, 0.717) is 0 Å². The zero-order valence-corrected chi connectivity index (χ0v) is 10.8. The molecule has 0 aliphatic rings. The van der Waals surface area contributed by atoms with Crippen LogP contribution in [0.15, 0.2) is 29.2 Å². The average molecular weight is 281 g/mol. The third-order valence-electron chi connectivity index (χ3n) is 2.23. The number of anilines is 1. The molecule has 1 atom stereocenters. The molecular formula is C11H14F3NO2S. The number of para-hydroxylation sites is 1. The van der Waals surface area contributed by atoms with Gasteiger partial charge in [-0.2, -0.15) is 13.2 Å². The minimum atomic E-state index is -4.29. The zero-order chi connectivity index (χ0) is 14.0. The summed E-state index contributed by atoms with van der Waals surface area (Å²) in [6.07, 6.45) is -4.29. The van der Waals surface area contributed by atoms with Crippen LogP contribution in [-0.4, -0.2) is 26.9 Å². The molecule has 7 heteroatoms. The molecule has 0 bridgehead atoms. The van der Waals surface area contributed by atoms with Crippen molar-refractivity contribution in [2.24, 2.45) is 0 Å². The van der Waals surface area contributed by atoms with E-state index in [-0.39, 0.29) is 10.6 Å². The van der Waals surface area contributed by atoms with Gasteiger partial charge in [-0.1, -0.05) is 12.1 Å². The van der Waals surface area contributed by atoms with Gasteiger partial charge >= 0.3 is 6.18 Å². The average Bonchev–Trinajstić information content (AvgIpc) is 2.13. The maximum Gasteiger partial charge on any atom is 0.391 e. The summed E-state index contributed by atoms with van der Waals surface area (Å²) in [7, 11) is -3.47. The fourth-order valence-corrected chi connectivity index (χ4v) is 2.43. The van der Waals surface area contributed by atoms with Crippen molar-refractivity contribution in [1.29, 1.82) is 0 Å². The predicted octanol–water partition coefficient (Wildman–Crippen LogP) is 2.84. The van der Waals surface area contributed by atoms with Gasteiger partial charge in [0, 0.05) is 12.3 Å². The highest BCUT2D eigenvalue weighted by Crippen LogP contribution is 2.26. The van der Waals surface area contributed by atoms with Gasteiger partial charge in [-0.05, 0) is 19.1 Å². The van der Waals surface area contributed by atoms with Gasteiger partial charge in [0.2, 0.25) is 0 Å². The number of nitrogens with one attached hydrogen (secondary N) is 1. The van der Waals surface area contributed by atoms with Crippen molar-refractivity contribution >= 4 is 15.5 Å². The lowest BCUT2D eigenvalue weighted by atomic mass is 10.2. The molecule has 0 aliphatic heterocycles. The Morgan fingerprint density at radius 1 is 1.28 bits per heavy atom. The summed E-state index contributed by atoms with van der Waals surface area (Å²) in [5, 5.41) is 2.57. The Kier molecular flexibility index (Phi) is 4.26. The standard InChI is InChI=1S/C11H14F3NO2S/c1-8(7-11(12,13)14)15-9-5-3-4-6-10(9)18(2,16)17/h3-6,8,15H,7H2,1-2H3. The van der Waals surface area contributed by atoms with E-state index >= 15 is 0 Å². The zero-order valence-electron chi connectivity index (χ0n) is 9.95. The first kappa shape index (κ1) is 14.8. The molecule has 102 valence electrons. The van der Waals surface area contributed by atoms with Gasteiger partial charge in [0.1, 0.15) is 0 Å². The maximum absolute atomic E-state index is 12.2. The lowest BCUT2D eigenvalue weighted by Gasteiger charge is -2.18. The molecule has 0 heterocycles. The van der Waals surface area contributed by atoms with E-state index in [1.165, 1.54) is 25.1 Å². The summed E-state index contributed by atoms with van der Waals surface area (Å²) >= 11 is 0. The van der Waals surface area contributed by atoms with E-state index in [1.807, 2.05) is 0 Å². The monoisotopic (exact) mass is 281 g/mol. The highest BCUT2D eigenvalue weighted by Gasteiger charge is 2.30. The van der Waals surface area contributed by atoms with Gasteiger partial charge in [0.25, 0.3) is 0 Å². The van der Waals surface area contributed by atoms with Crippen LogP contribution in [0.3, 0.4) is 0 Å². The van der Waals surface area contributed by atoms with Gasteiger partial charge in [-0.15, -0.1) is 0 Å². The van der Waals surface area contributed by atoms with Crippen LogP contribution < -0.4 is 5.32 Å². The minimum Gasteiger partial charge on any atom is -0.381 e. The molecule has 0 spiro atoms. The summed E-state index contributed by atoms with van der Waals surface area (Å²) in [5.74, 6) is 0. The summed E-state index contributed by atoms with van der Waals surface area (Å²) in [4.78, 5) is -0.000903. The van der Waals surface area contributed by atoms with Gasteiger partial charge in [-0.25, -0.2) is 8.42 Å². The van der Waals surface area contributed by atoms with Crippen molar-refractivity contribution in [3.8, 4) is 0 Å². The Morgan fingerprint density at radius 2 is 1.83 bits per heavy atom. The van der Waals surface area contributed by atoms with Crippen LogP contribution in [0.5, 0.6) is 0 Å². The molecule has 1 rings (SSSR count). The highest BCUT2D eigenvalue weighted by molar-refractivity contribution is 7.90. The van der Waals surface area contributed by atoms with Gasteiger partial charge in [-0.3, -0.25) is 0 Å². The van der Waals surface area contributed by atoms with Crippen molar-refractivity contribution in [2.75, 3.05) is 11.6 Å². The van der Waals surface area contributed by atoms with Crippen LogP contribution in [0.2, 0.25) is 0 Å². The molecule has 18 heavy (non-hydrogen) atoms. The second kappa shape index (κ2) is 5.17. The Labute approximate surface area is 104 Å². The molecule has 1 aromatic rings. The van der Waals surface area contributed by atoms with E-state index in [4.69, 9.17) is 0 Å². The molecule has 0 saturated carbocycles. The Hall–Kier alpha value is -1.24. The van der Waals surface area contributed by atoms with Gasteiger partial charge in [0.05, 0.1) is 17.0 Å². The second-order valence-electron chi connectivity index (χ2n) is 4.13. The molecule has 0 fully saturated rings. The molecule has 0 aliphatic carbocycles. The second-order valence-corrected chi connectivity index (χ2v) is 6.12. The smallest absolute Gasteiger partial charge is 0.381 e. The fourth-order valence-electron chi connectivity index (χ4n) is 1.57. The van der Waals surface area contributed by atoms with Crippen molar-refractivity contribution in [3.05, 3.63) is 24.3 Å². The first-order valence-corrected chi connectivity index (χ1v) is 7.11. The van der Waals surface area contributed by atoms with E-state index in [1.54, 1.807) is 6.07 Å². The first-order chi connectivity index (χ1) is 8.09. The summed E-state index contributed by atoms with van der Waals surface area (Å²) in [6.45, 7) is 1.35. The van der Waals surface area contributed by atoms with Crippen molar-refractivity contribution < 1.29 is 21.6 Å². The van der Waals surface area contributed by atoms with Gasteiger partial charge in [0.15, 0.2) is 9.84 Å². The molecule has 1 unspecified atom stereocenters. The van der Waals surface area contributed by atoms with Crippen LogP contribution in [0.1, 0.15) is 13.3 Å². The molecule has 0 radical (unpaired) electrons. The highest BCUT2D eigenvalue weighted by atomic mass is 32.2. The number of sulfone groups is 1. The largest absolute Gasteiger partial charge is 0.391 e. The van der Waals surface area contributed by atoms with E-state index in [9.17, 15) is 21.6 Å². The summed E-state index contributed by atoms with van der Waals surface area (Å²) in [6, 6.07) is 5.00. The number of rotatable bonds is 4. The Morgan fingerprint density at radius 3 is 2.33 bits per heavy atom. The third-order valence-corrected chi connectivity index (χ3v) is 3.38. The lowest BCUT2D eigenvalue weighted by molar-refractivity contribution is -0.136. The SMILES string of the molecule is CC(CC(F)(F)F)Nc1ccccc1S(C)(=O)=O. The van der Waals surface area contributed by atoms with Crippen LogP contribution in [-0.2, 0) is 9.84 Å². The first-order valence-electron chi connectivity index (χ1n) is 5.22. The summed E-state index contributed by atoms with van der Waals surface area (Å²) < 4.78 is 59.5. The number of hydrogen-bond acceptors (Lipinski definition) is 3. The lowest BCUT2D eigenvalue weighted by Crippen LogP contribution is -2.24. The minimum absolute atomic E-state index is 0.000903. The quantitative estimate of drug-likeness (QED) is 0.923. The van der Waals surface area contributed by atoms with Crippen molar-refractivity contribution in [2.45, 2.75) is 30.5 Å². The molecule has 1 aromatic carbocycles. The van der Waals surface area contributed by atoms with E-state index in [0.717, 1.165) is 6.26 Å². The van der Waals surface area contributed by atoms with Crippen LogP contribution in [0.4, 0.5) is 18.9 Å². The van der Waals surface area contributed by atoms with Crippen LogP contribution in [0, 0.1) is 0 Å². The van der Waals surface area contributed by atoms with Crippen molar-refractivity contribution in [1.82, 2.24) is 0 Å². The summed E-state index contributed by atoms with van der Waals surface area (Å²) in [5.41, 5.74) is 0.191. The van der Waals surface area contributed by atoms with Gasteiger partial charge < -0.3 is 5.32 Å². The normalized spacial score (nSPS) is 14.3. The topological polar surface area (TPSA) is 46.2 Å². The molecule has 0 amide bonds. The molecule has 1 N–H and O–H groups in total. The Balaban J connectivity index is 2.92. The Bertz CT molecular complexity index is 511. The maximum atomic E-state index is 12.2. The number of alkyl halides is 3. The third kappa shape index (κ3) is 4.56. The molecule has 0 saturated heterocycles. The van der Waals surface area contributed by atoms with Crippen LogP contribution >= 0.6 is 0 Å². The number of hydrogen-bond donors (Lipinski definition) is 1.